The van der Waals surface area contributed by atoms with Gasteiger partial charge in [-0.25, -0.2) is 4.90 Å². The highest BCUT2D eigenvalue weighted by Crippen LogP contribution is 2.39. The molecule has 4 rings (SSSR count). The zero-order valence-electron chi connectivity index (χ0n) is 13.6. The van der Waals surface area contributed by atoms with Crippen molar-refractivity contribution in [3.05, 3.63) is 64.7 Å². The van der Waals surface area contributed by atoms with Gasteiger partial charge in [-0.15, -0.1) is 0 Å². The molecule has 0 unspecified atom stereocenters. The van der Waals surface area contributed by atoms with E-state index in [9.17, 15) is 14.4 Å². The van der Waals surface area contributed by atoms with Crippen molar-refractivity contribution >= 4 is 23.3 Å². The number of amides is 2. The first-order valence-electron chi connectivity index (χ1n) is 8.06. The van der Waals surface area contributed by atoms with Crippen molar-refractivity contribution in [2.75, 3.05) is 4.90 Å². The fourth-order valence-electron chi connectivity index (χ4n) is 3.61. The number of hydrogen-bond donors (Lipinski definition) is 0. The summed E-state index contributed by atoms with van der Waals surface area (Å²) in [7, 11) is 0. The van der Waals surface area contributed by atoms with Crippen molar-refractivity contribution in [1.82, 2.24) is 0 Å². The van der Waals surface area contributed by atoms with Gasteiger partial charge < -0.3 is 0 Å². The van der Waals surface area contributed by atoms with Crippen LogP contribution < -0.4 is 4.90 Å². The molecule has 4 heteroatoms. The average molecular weight is 319 g/mol. The van der Waals surface area contributed by atoms with Gasteiger partial charge in [0.2, 0.25) is 0 Å². The van der Waals surface area contributed by atoms with Crippen LogP contribution in [-0.2, 0) is 5.41 Å². The Morgan fingerprint density at radius 3 is 2.12 bits per heavy atom. The SMILES string of the molecule is CC1(C)CCC(=O)c2cc(N3C(=O)c4ccccc4C3=O)ccc21. The lowest BCUT2D eigenvalue weighted by atomic mass is 9.72. The molecule has 0 atom stereocenters. The second-order valence-electron chi connectivity index (χ2n) is 7.03. The van der Waals surface area contributed by atoms with Gasteiger partial charge in [-0.1, -0.05) is 32.0 Å². The van der Waals surface area contributed by atoms with Gasteiger partial charge in [-0.2, -0.15) is 0 Å². The number of fused-ring (bicyclic) bond motifs is 2. The smallest absolute Gasteiger partial charge is 0.266 e. The first-order chi connectivity index (χ1) is 11.4. The number of nitrogens with zero attached hydrogens (tertiary/aromatic N) is 1. The summed E-state index contributed by atoms with van der Waals surface area (Å²) in [5, 5.41) is 0. The summed E-state index contributed by atoms with van der Waals surface area (Å²) in [5.41, 5.74) is 2.81. The molecule has 120 valence electrons. The fourth-order valence-corrected chi connectivity index (χ4v) is 3.61. The van der Waals surface area contributed by atoms with Gasteiger partial charge in [0.1, 0.15) is 0 Å². The Labute approximate surface area is 140 Å². The molecule has 0 N–H and O–H groups in total. The summed E-state index contributed by atoms with van der Waals surface area (Å²) < 4.78 is 0. The Kier molecular flexibility index (Phi) is 3.01. The first kappa shape index (κ1) is 14.8. The highest BCUT2D eigenvalue weighted by atomic mass is 16.2. The minimum atomic E-state index is -0.335. The number of ketones is 1. The van der Waals surface area contributed by atoms with E-state index < -0.39 is 0 Å². The highest BCUT2D eigenvalue weighted by Gasteiger charge is 2.38. The second-order valence-corrected chi connectivity index (χ2v) is 7.03. The summed E-state index contributed by atoms with van der Waals surface area (Å²) in [5.74, 6) is -0.598. The van der Waals surface area contributed by atoms with Gasteiger partial charge in [0.05, 0.1) is 16.8 Å². The molecule has 1 heterocycles. The van der Waals surface area contributed by atoms with Crippen LogP contribution in [0.2, 0.25) is 0 Å². The van der Waals surface area contributed by atoms with E-state index in [4.69, 9.17) is 0 Å². The molecule has 0 saturated heterocycles. The molecular formula is C20H17NO3. The maximum absolute atomic E-state index is 12.6. The van der Waals surface area contributed by atoms with E-state index in [-0.39, 0.29) is 23.0 Å². The number of hydrogen-bond acceptors (Lipinski definition) is 3. The van der Waals surface area contributed by atoms with E-state index in [0.717, 1.165) is 12.0 Å². The van der Waals surface area contributed by atoms with Crippen molar-refractivity contribution in [2.24, 2.45) is 0 Å². The lowest BCUT2D eigenvalue weighted by molar-refractivity contribution is 0.0920. The van der Waals surface area contributed by atoms with Crippen LogP contribution in [0.5, 0.6) is 0 Å². The normalized spacial score (nSPS) is 18.6. The minimum absolute atomic E-state index is 0.0720. The number of imide groups is 1. The Morgan fingerprint density at radius 2 is 1.50 bits per heavy atom. The molecule has 2 aliphatic rings. The van der Waals surface area contributed by atoms with Crippen LogP contribution in [0.25, 0.3) is 0 Å². The summed E-state index contributed by atoms with van der Waals surface area (Å²) in [6.07, 6.45) is 1.30. The first-order valence-corrected chi connectivity index (χ1v) is 8.06. The molecule has 0 aromatic heterocycles. The van der Waals surface area contributed by atoms with Gasteiger partial charge in [0.25, 0.3) is 11.8 Å². The molecule has 0 fully saturated rings. The van der Waals surface area contributed by atoms with E-state index in [1.807, 2.05) is 6.07 Å². The largest absolute Gasteiger partial charge is 0.294 e. The summed E-state index contributed by atoms with van der Waals surface area (Å²) in [6, 6.07) is 12.1. The second kappa shape index (κ2) is 4.87. The van der Waals surface area contributed by atoms with Gasteiger partial charge in [-0.05, 0) is 41.7 Å². The molecule has 0 bridgehead atoms. The van der Waals surface area contributed by atoms with E-state index in [1.165, 1.54) is 4.90 Å². The molecule has 1 aliphatic heterocycles. The van der Waals surface area contributed by atoms with E-state index in [2.05, 4.69) is 13.8 Å². The molecule has 24 heavy (non-hydrogen) atoms. The van der Waals surface area contributed by atoms with Crippen molar-refractivity contribution in [3.8, 4) is 0 Å². The standard InChI is InChI=1S/C20H17NO3/c1-20(2)10-9-17(22)15-11-12(7-8-16(15)20)21-18(23)13-5-3-4-6-14(13)19(21)24/h3-8,11H,9-10H2,1-2H3. The number of benzene rings is 2. The quantitative estimate of drug-likeness (QED) is 0.752. The Morgan fingerprint density at radius 1 is 0.875 bits per heavy atom. The van der Waals surface area contributed by atoms with Gasteiger partial charge >= 0.3 is 0 Å². The van der Waals surface area contributed by atoms with Crippen LogP contribution in [0, 0.1) is 0 Å². The minimum Gasteiger partial charge on any atom is -0.294 e. The predicted octanol–water partition coefficient (Wildman–Crippen LogP) is 3.74. The van der Waals surface area contributed by atoms with Crippen LogP contribution in [0.1, 0.15) is 63.3 Å². The Hall–Kier alpha value is -2.75. The van der Waals surface area contributed by atoms with Crippen LogP contribution in [0.15, 0.2) is 42.5 Å². The molecule has 2 aromatic rings. The van der Waals surface area contributed by atoms with Crippen LogP contribution >= 0.6 is 0 Å². The van der Waals surface area contributed by atoms with Crippen molar-refractivity contribution in [1.29, 1.82) is 0 Å². The van der Waals surface area contributed by atoms with E-state index >= 15 is 0 Å². The Balaban J connectivity index is 1.83. The zero-order chi connectivity index (χ0) is 17.1. The van der Waals surface area contributed by atoms with Crippen LogP contribution in [-0.4, -0.2) is 17.6 Å². The third kappa shape index (κ3) is 1.96. The molecule has 1 aliphatic carbocycles. The molecule has 4 nitrogen and oxygen atoms in total. The maximum atomic E-state index is 12.6. The van der Waals surface area contributed by atoms with E-state index in [1.54, 1.807) is 36.4 Å². The fraction of sp³-hybridized carbons (Fsp3) is 0.250. The van der Waals surface area contributed by atoms with Gasteiger partial charge in [0, 0.05) is 12.0 Å². The molecular weight excluding hydrogens is 302 g/mol. The maximum Gasteiger partial charge on any atom is 0.266 e. The number of anilines is 1. The van der Waals surface area contributed by atoms with Crippen molar-refractivity contribution in [3.63, 3.8) is 0 Å². The number of carbonyl (C=O) groups excluding carboxylic acids is 3. The van der Waals surface area contributed by atoms with Crippen LogP contribution in [0.4, 0.5) is 5.69 Å². The third-order valence-electron chi connectivity index (χ3n) is 5.06. The predicted molar refractivity (Wildman–Crippen MR) is 90.6 cm³/mol. The monoisotopic (exact) mass is 319 g/mol. The highest BCUT2D eigenvalue weighted by molar-refractivity contribution is 6.34. The molecule has 2 amide bonds. The number of carbonyl (C=O) groups is 3. The molecule has 0 saturated carbocycles. The van der Waals surface area contributed by atoms with E-state index in [0.29, 0.717) is 28.8 Å². The molecule has 0 spiro atoms. The van der Waals surface area contributed by atoms with Crippen LogP contribution in [0.3, 0.4) is 0 Å². The number of Topliss-reactive ketones (excluding diaryl/α,β-unsaturated/α-hetero) is 1. The number of rotatable bonds is 1. The van der Waals surface area contributed by atoms with Gasteiger partial charge in [-0.3, -0.25) is 14.4 Å². The lowest BCUT2D eigenvalue weighted by Crippen LogP contribution is -2.31. The Bertz CT molecular complexity index is 876. The van der Waals surface area contributed by atoms with Gasteiger partial charge in [0.15, 0.2) is 5.78 Å². The zero-order valence-corrected chi connectivity index (χ0v) is 13.6. The summed E-state index contributed by atoms with van der Waals surface area (Å²) in [6.45, 7) is 4.22. The summed E-state index contributed by atoms with van der Waals surface area (Å²) in [4.78, 5) is 38.7. The third-order valence-corrected chi connectivity index (χ3v) is 5.06. The summed E-state index contributed by atoms with van der Waals surface area (Å²) >= 11 is 0. The van der Waals surface area contributed by atoms with Crippen molar-refractivity contribution in [2.45, 2.75) is 32.1 Å². The van der Waals surface area contributed by atoms with Crippen molar-refractivity contribution < 1.29 is 14.4 Å². The average Bonchev–Trinajstić information content (AvgIpc) is 2.83. The topological polar surface area (TPSA) is 54.5 Å². The molecule has 2 aromatic carbocycles. The lowest BCUT2D eigenvalue weighted by Gasteiger charge is -2.32. The molecule has 0 radical (unpaired) electrons.